The molecule has 1 aliphatic carbocycles. The van der Waals surface area contributed by atoms with Gasteiger partial charge in [-0.2, -0.15) is 0 Å². The van der Waals surface area contributed by atoms with Crippen molar-refractivity contribution in [1.82, 2.24) is 0 Å². The van der Waals surface area contributed by atoms with Gasteiger partial charge < -0.3 is 14.8 Å². The first-order valence-electron chi connectivity index (χ1n) is 7.57. The fourth-order valence-electron chi connectivity index (χ4n) is 2.81. The molecule has 1 aromatic rings. The van der Waals surface area contributed by atoms with Gasteiger partial charge >= 0.3 is 5.97 Å². The summed E-state index contributed by atoms with van der Waals surface area (Å²) in [5, 5.41) is 3.63. The lowest BCUT2D eigenvalue weighted by Gasteiger charge is -2.39. The molecule has 0 spiro atoms. The van der Waals surface area contributed by atoms with E-state index >= 15 is 0 Å². The Balaban J connectivity index is 1.91. The summed E-state index contributed by atoms with van der Waals surface area (Å²) in [4.78, 5) is 11.0. The standard InChI is InChI=1S/C17H25NO3/c1-17(2)11-5-4-6-15(17)18-13-7-9-14(10-8-13)21-12-16(19)20-3/h7-10,15,18H,4-6,11-12H2,1-3H3. The fourth-order valence-corrected chi connectivity index (χ4v) is 2.81. The maximum Gasteiger partial charge on any atom is 0.343 e. The van der Waals surface area contributed by atoms with Crippen LogP contribution in [0.1, 0.15) is 39.5 Å². The average Bonchev–Trinajstić information content (AvgIpc) is 2.48. The van der Waals surface area contributed by atoms with Crippen LogP contribution in [0.2, 0.25) is 0 Å². The number of nitrogens with one attached hydrogen (secondary N) is 1. The Morgan fingerprint density at radius 3 is 2.62 bits per heavy atom. The molecule has 4 heteroatoms. The highest BCUT2D eigenvalue weighted by molar-refractivity contribution is 5.70. The van der Waals surface area contributed by atoms with E-state index in [-0.39, 0.29) is 12.6 Å². The second-order valence-electron chi connectivity index (χ2n) is 6.32. The van der Waals surface area contributed by atoms with Crippen molar-refractivity contribution in [3.8, 4) is 5.75 Å². The minimum atomic E-state index is -0.374. The molecule has 1 aromatic carbocycles. The molecule has 0 radical (unpaired) electrons. The van der Waals surface area contributed by atoms with Crippen molar-refractivity contribution in [2.45, 2.75) is 45.6 Å². The number of rotatable bonds is 5. The van der Waals surface area contributed by atoms with Gasteiger partial charge in [0, 0.05) is 11.7 Å². The summed E-state index contributed by atoms with van der Waals surface area (Å²) >= 11 is 0. The van der Waals surface area contributed by atoms with Crippen molar-refractivity contribution in [1.29, 1.82) is 0 Å². The third kappa shape index (κ3) is 4.38. The van der Waals surface area contributed by atoms with E-state index in [1.54, 1.807) is 0 Å². The van der Waals surface area contributed by atoms with E-state index in [0.717, 1.165) is 5.69 Å². The second-order valence-corrected chi connectivity index (χ2v) is 6.32. The molecule has 1 N–H and O–H groups in total. The van der Waals surface area contributed by atoms with E-state index in [0.29, 0.717) is 17.2 Å². The lowest BCUT2D eigenvalue weighted by atomic mass is 9.73. The van der Waals surface area contributed by atoms with Crippen LogP contribution < -0.4 is 10.1 Å². The molecule has 2 rings (SSSR count). The predicted molar refractivity (Wildman–Crippen MR) is 83.6 cm³/mol. The molecule has 1 aliphatic rings. The molecular formula is C17H25NO3. The summed E-state index contributed by atoms with van der Waals surface area (Å²) in [7, 11) is 1.35. The number of anilines is 1. The van der Waals surface area contributed by atoms with Gasteiger partial charge in [0.15, 0.2) is 6.61 Å². The van der Waals surface area contributed by atoms with Crippen molar-refractivity contribution in [3.63, 3.8) is 0 Å². The van der Waals surface area contributed by atoms with E-state index in [4.69, 9.17) is 4.74 Å². The average molecular weight is 291 g/mol. The maximum absolute atomic E-state index is 11.0. The highest BCUT2D eigenvalue weighted by Crippen LogP contribution is 2.37. The monoisotopic (exact) mass is 291 g/mol. The van der Waals surface area contributed by atoms with Crippen LogP contribution in [-0.4, -0.2) is 25.7 Å². The van der Waals surface area contributed by atoms with Gasteiger partial charge in [0.25, 0.3) is 0 Å². The molecule has 1 saturated carbocycles. The van der Waals surface area contributed by atoms with E-state index < -0.39 is 0 Å². The zero-order valence-corrected chi connectivity index (χ0v) is 13.1. The van der Waals surface area contributed by atoms with Crippen LogP contribution in [0, 0.1) is 5.41 Å². The fraction of sp³-hybridized carbons (Fsp3) is 0.588. The van der Waals surface area contributed by atoms with Crippen LogP contribution in [0.15, 0.2) is 24.3 Å². The first-order chi connectivity index (χ1) is 10.0. The third-order valence-corrected chi connectivity index (χ3v) is 4.29. The van der Waals surface area contributed by atoms with Crippen LogP contribution in [0.5, 0.6) is 5.75 Å². The Labute approximate surface area is 126 Å². The number of methoxy groups -OCH3 is 1. The minimum Gasteiger partial charge on any atom is -0.482 e. The Hall–Kier alpha value is -1.71. The molecule has 0 saturated heterocycles. The molecule has 0 heterocycles. The highest BCUT2D eigenvalue weighted by Gasteiger charge is 2.31. The zero-order chi connectivity index (χ0) is 15.3. The smallest absolute Gasteiger partial charge is 0.343 e. The molecule has 21 heavy (non-hydrogen) atoms. The molecule has 0 bridgehead atoms. The lowest BCUT2D eigenvalue weighted by Crippen LogP contribution is -2.38. The predicted octanol–water partition coefficient (Wildman–Crippen LogP) is 3.62. The number of carbonyl (C=O) groups excluding carboxylic acids is 1. The summed E-state index contributed by atoms with van der Waals surface area (Å²) in [5.74, 6) is 0.301. The maximum atomic E-state index is 11.0. The van der Waals surface area contributed by atoms with Gasteiger partial charge in [-0.05, 0) is 42.5 Å². The van der Waals surface area contributed by atoms with Crippen molar-refractivity contribution in [2.24, 2.45) is 5.41 Å². The van der Waals surface area contributed by atoms with Crippen molar-refractivity contribution in [2.75, 3.05) is 19.0 Å². The van der Waals surface area contributed by atoms with Gasteiger partial charge in [-0.15, -0.1) is 0 Å². The number of ether oxygens (including phenoxy) is 2. The molecule has 116 valence electrons. The minimum absolute atomic E-state index is 0.0566. The zero-order valence-electron chi connectivity index (χ0n) is 13.1. The summed E-state index contributed by atoms with van der Waals surface area (Å²) in [5.41, 5.74) is 1.43. The van der Waals surface area contributed by atoms with Crippen LogP contribution in [0.25, 0.3) is 0 Å². The molecule has 4 nitrogen and oxygen atoms in total. The highest BCUT2D eigenvalue weighted by atomic mass is 16.6. The van der Waals surface area contributed by atoms with E-state index in [9.17, 15) is 4.79 Å². The Kier molecular flexibility index (Phi) is 5.10. The van der Waals surface area contributed by atoms with Crippen LogP contribution in [-0.2, 0) is 9.53 Å². The molecule has 0 aliphatic heterocycles. The van der Waals surface area contributed by atoms with Gasteiger partial charge in [0.2, 0.25) is 0 Å². The summed E-state index contributed by atoms with van der Waals surface area (Å²) in [6.07, 6.45) is 5.10. The summed E-state index contributed by atoms with van der Waals surface area (Å²) in [6.45, 7) is 4.61. The molecule has 1 unspecified atom stereocenters. The van der Waals surface area contributed by atoms with Gasteiger partial charge in [-0.25, -0.2) is 4.79 Å². The van der Waals surface area contributed by atoms with Crippen LogP contribution in [0.3, 0.4) is 0 Å². The first kappa shape index (κ1) is 15.7. The number of hydrogen-bond acceptors (Lipinski definition) is 4. The SMILES string of the molecule is COC(=O)COc1ccc(NC2CCCCC2(C)C)cc1. The van der Waals surface area contributed by atoms with E-state index in [2.05, 4.69) is 23.9 Å². The first-order valence-corrected chi connectivity index (χ1v) is 7.57. The third-order valence-electron chi connectivity index (χ3n) is 4.29. The lowest BCUT2D eigenvalue weighted by molar-refractivity contribution is -0.142. The van der Waals surface area contributed by atoms with Gasteiger partial charge in [-0.3, -0.25) is 0 Å². The topological polar surface area (TPSA) is 47.6 Å². The number of hydrogen-bond donors (Lipinski definition) is 1. The summed E-state index contributed by atoms with van der Waals surface area (Å²) < 4.78 is 9.89. The van der Waals surface area contributed by atoms with Gasteiger partial charge in [-0.1, -0.05) is 26.7 Å². The van der Waals surface area contributed by atoms with E-state index in [1.165, 1.54) is 32.8 Å². The van der Waals surface area contributed by atoms with Crippen LogP contribution in [0.4, 0.5) is 5.69 Å². The van der Waals surface area contributed by atoms with Gasteiger partial charge in [0.1, 0.15) is 5.75 Å². The van der Waals surface area contributed by atoms with Crippen molar-refractivity contribution in [3.05, 3.63) is 24.3 Å². The van der Waals surface area contributed by atoms with Crippen molar-refractivity contribution < 1.29 is 14.3 Å². The molecule has 1 fully saturated rings. The second kappa shape index (κ2) is 6.83. The van der Waals surface area contributed by atoms with Crippen LogP contribution >= 0.6 is 0 Å². The van der Waals surface area contributed by atoms with E-state index in [1.807, 2.05) is 24.3 Å². The Bertz CT molecular complexity index is 467. The summed E-state index contributed by atoms with van der Waals surface area (Å²) in [6, 6.07) is 8.25. The van der Waals surface area contributed by atoms with Crippen molar-refractivity contribution >= 4 is 11.7 Å². The normalized spacial score (nSPS) is 20.6. The number of esters is 1. The molecule has 0 aromatic heterocycles. The molecule has 0 amide bonds. The van der Waals surface area contributed by atoms with Gasteiger partial charge in [0.05, 0.1) is 7.11 Å². The largest absolute Gasteiger partial charge is 0.482 e. The Morgan fingerprint density at radius 2 is 2.00 bits per heavy atom. The Morgan fingerprint density at radius 1 is 1.29 bits per heavy atom. The number of carbonyl (C=O) groups is 1. The number of benzene rings is 1. The molecule has 1 atom stereocenters. The quantitative estimate of drug-likeness (QED) is 0.842. The molecular weight excluding hydrogens is 266 g/mol.